The van der Waals surface area contributed by atoms with Gasteiger partial charge in [-0.15, -0.1) is 0 Å². The molecular formula is C9H11F2N3O2. The van der Waals surface area contributed by atoms with Crippen LogP contribution in [0.3, 0.4) is 0 Å². The van der Waals surface area contributed by atoms with Gasteiger partial charge in [-0.25, -0.2) is 23.5 Å². The van der Waals surface area contributed by atoms with Crippen molar-refractivity contribution < 1.29 is 18.7 Å². The highest BCUT2D eigenvalue weighted by molar-refractivity contribution is 5.88. The summed E-state index contributed by atoms with van der Waals surface area (Å²) in [5.41, 5.74) is -1.29. The van der Waals surface area contributed by atoms with E-state index in [1.807, 2.05) is 0 Å². The highest BCUT2D eigenvalue weighted by atomic mass is 19.3. The number of hydrogen-bond donors (Lipinski definition) is 1. The summed E-state index contributed by atoms with van der Waals surface area (Å²) in [5.74, 6) is -1.28. The SMILES string of the molecule is CN(C)Cc1ncc(C(=O)O)c(C(F)F)n1. The van der Waals surface area contributed by atoms with Crippen molar-refractivity contribution in [3.63, 3.8) is 0 Å². The summed E-state index contributed by atoms with van der Waals surface area (Å²) in [5, 5.41) is 8.66. The molecule has 16 heavy (non-hydrogen) atoms. The quantitative estimate of drug-likeness (QED) is 0.842. The molecule has 0 bridgehead atoms. The van der Waals surface area contributed by atoms with Crippen molar-refractivity contribution in [3.8, 4) is 0 Å². The molecular weight excluding hydrogens is 220 g/mol. The molecule has 0 fully saturated rings. The molecule has 0 aliphatic rings. The minimum absolute atomic E-state index is 0.172. The van der Waals surface area contributed by atoms with Crippen LogP contribution in [0.2, 0.25) is 0 Å². The number of carbonyl (C=O) groups is 1. The second-order valence-corrected chi connectivity index (χ2v) is 3.43. The number of carboxylic acid groups (broad SMARTS) is 1. The number of aromatic nitrogens is 2. The van der Waals surface area contributed by atoms with Crippen LogP contribution in [0, 0.1) is 0 Å². The highest BCUT2D eigenvalue weighted by Crippen LogP contribution is 2.20. The largest absolute Gasteiger partial charge is 0.478 e. The lowest BCUT2D eigenvalue weighted by molar-refractivity contribution is 0.0681. The fraction of sp³-hybridized carbons (Fsp3) is 0.444. The molecule has 0 aliphatic heterocycles. The third-order valence-electron chi connectivity index (χ3n) is 1.76. The van der Waals surface area contributed by atoms with Gasteiger partial charge in [-0.3, -0.25) is 0 Å². The van der Waals surface area contributed by atoms with Crippen molar-refractivity contribution in [2.45, 2.75) is 13.0 Å². The Kier molecular flexibility index (Phi) is 3.83. The first-order chi connectivity index (χ1) is 7.41. The van der Waals surface area contributed by atoms with E-state index in [2.05, 4.69) is 9.97 Å². The first kappa shape index (κ1) is 12.4. The molecule has 0 spiro atoms. The zero-order valence-corrected chi connectivity index (χ0v) is 8.81. The van der Waals surface area contributed by atoms with E-state index in [1.165, 1.54) is 0 Å². The van der Waals surface area contributed by atoms with Crippen molar-refractivity contribution >= 4 is 5.97 Å². The second-order valence-electron chi connectivity index (χ2n) is 3.43. The molecule has 5 nitrogen and oxygen atoms in total. The van der Waals surface area contributed by atoms with Crippen molar-refractivity contribution in [1.82, 2.24) is 14.9 Å². The number of aromatic carboxylic acids is 1. The maximum Gasteiger partial charge on any atom is 0.339 e. The van der Waals surface area contributed by atoms with Crippen LogP contribution in [-0.4, -0.2) is 40.0 Å². The van der Waals surface area contributed by atoms with E-state index in [1.54, 1.807) is 19.0 Å². The molecule has 1 N–H and O–H groups in total. The van der Waals surface area contributed by atoms with E-state index in [0.29, 0.717) is 0 Å². The standard InChI is InChI=1S/C9H11F2N3O2/c1-14(2)4-6-12-3-5(9(15)16)7(13-6)8(10)11/h3,8H,4H2,1-2H3,(H,15,16). The van der Waals surface area contributed by atoms with Crippen LogP contribution in [0.1, 0.15) is 28.3 Å². The lowest BCUT2D eigenvalue weighted by Gasteiger charge is -2.10. The van der Waals surface area contributed by atoms with Crippen LogP contribution >= 0.6 is 0 Å². The van der Waals surface area contributed by atoms with E-state index in [4.69, 9.17) is 5.11 Å². The Bertz CT molecular complexity index is 396. The zero-order chi connectivity index (χ0) is 12.3. The average molecular weight is 231 g/mol. The van der Waals surface area contributed by atoms with Gasteiger partial charge in [0.2, 0.25) is 0 Å². The summed E-state index contributed by atoms with van der Waals surface area (Å²) >= 11 is 0. The Morgan fingerprint density at radius 2 is 2.19 bits per heavy atom. The van der Waals surface area contributed by atoms with Crippen LogP contribution < -0.4 is 0 Å². The van der Waals surface area contributed by atoms with Gasteiger partial charge in [0, 0.05) is 6.20 Å². The van der Waals surface area contributed by atoms with Gasteiger partial charge in [0.25, 0.3) is 6.43 Å². The number of hydrogen-bond acceptors (Lipinski definition) is 4. The Morgan fingerprint density at radius 1 is 1.56 bits per heavy atom. The van der Waals surface area contributed by atoms with E-state index >= 15 is 0 Å². The summed E-state index contributed by atoms with van der Waals surface area (Å²) < 4.78 is 25.1. The Labute approximate surface area is 90.7 Å². The molecule has 0 aliphatic carbocycles. The molecule has 88 valence electrons. The maximum absolute atomic E-state index is 12.5. The van der Waals surface area contributed by atoms with Crippen LogP contribution in [0.15, 0.2) is 6.20 Å². The summed E-state index contributed by atoms with van der Waals surface area (Å²) in [4.78, 5) is 19.6. The number of halogens is 2. The smallest absolute Gasteiger partial charge is 0.339 e. The molecule has 0 saturated carbocycles. The third kappa shape index (κ3) is 2.93. The Hall–Kier alpha value is -1.63. The molecule has 0 amide bonds. The number of alkyl halides is 2. The van der Waals surface area contributed by atoms with Crippen LogP contribution in [-0.2, 0) is 6.54 Å². The van der Waals surface area contributed by atoms with Gasteiger partial charge in [0.05, 0.1) is 6.54 Å². The zero-order valence-electron chi connectivity index (χ0n) is 8.81. The third-order valence-corrected chi connectivity index (χ3v) is 1.76. The maximum atomic E-state index is 12.5. The predicted octanol–water partition coefficient (Wildman–Crippen LogP) is 1.17. The minimum atomic E-state index is -2.92. The second kappa shape index (κ2) is 4.93. The monoisotopic (exact) mass is 231 g/mol. The first-order valence-corrected chi connectivity index (χ1v) is 4.43. The molecule has 1 aromatic rings. The van der Waals surface area contributed by atoms with E-state index in [9.17, 15) is 13.6 Å². The molecule has 1 rings (SSSR count). The molecule has 0 radical (unpaired) electrons. The summed E-state index contributed by atoms with van der Waals surface area (Å²) in [6.45, 7) is 0.277. The lowest BCUT2D eigenvalue weighted by atomic mass is 10.2. The van der Waals surface area contributed by atoms with Crippen LogP contribution in [0.25, 0.3) is 0 Å². The summed E-state index contributed by atoms with van der Waals surface area (Å²) in [6.07, 6.45) is -2.01. The normalized spacial score (nSPS) is 11.1. The van der Waals surface area contributed by atoms with Crippen LogP contribution in [0.4, 0.5) is 8.78 Å². The van der Waals surface area contributed by atoms with Gasteiger partial charge in [-0.05, 0) is 14.1 Å². The minimum Gasteiger partial charge on any atom is -0.478 e. The molecule has 0 aromatic carbocycles. The lowest BCUT2D eigenvalue weighted by Crippen LogP contribution is -2.16. The molecule has 0 saturated heterocycles. The Balaban J connectivity index is 3.12. The van der Waals surface area contributed by atoms with E-state index in [-0.39, 0.29) is 12.4 Å². The predicted molar refractivity (Wildman–Crippen MR) is 51.3 cm³/mol. The summed E-state index contributed by atoms with van der Waals surface area (Å²) in [6, 6.07) is 0. The van der Waals surface area contributed by atoms with Gasteiger partial charge in [-0.2, -0.15) is 0 Å². The van der Waals surface area contributed by atoms with Gasteiger partial charge < -0.3 is 10.0 Å². The molecule has 1 aromatic heterocycles. The molecule has 0 atom stereocenters. The molecule has 0 unspecified atom stereocenters. The summed E-state index contributed by atoms with van der Waals surface area (Å²) in [7, 11) is 3.47. The Morgan fingerprint density at radius 3 is 2.62 bits per heavy atom. The highest BCUT2D eigenvalue weighted by Gasteiger charge is 2.21. The van der Waals surface area contributed by atoms with E-state index < -0.39 is 23.7 Å². The van der Waals surface area contributed by atoms with Crippen molar-refractivity contribution in [1.29, 1.82) is 0 Å². The molecule has 1 heterocycles. The van der Waals surface area contributed by atoms with Gasteiger partial charge in [-0.1, -0.05) is 0 Å². The average Bonchev–Trinajstić information content (AvgIpc) is 2.16. The fourth-order valence-electron chi connectivity index (χ4n) is 1.12. The topological polar surface area (TPSA) is 66.3 Å². The first-order valence-electron chi connectivity index (χ1n) is 4.43. The number of rotatable bonds is 4. The number of carboxylic acids is 1. The van der Waals surface area contributed by atoms with E-state index in [0.717, 1.165) is 6.20 Å². The number of nitrogens with zero attached hydrogens (tertiary/aromatic N) is 3. The van der Waals surface area contributed by atoms with Crippen molar-refractivity contribution in [2.75, 3.05) is 14.1 Å². The van der Waals surface area contributed by atoms with Gasteiger partial charge >= 0.3 is 5.97 Å². The van der Waals surface area contributed by atoms with Gasteiger partial charge in [0.15, 0.2) is 0 Å². The van der Waals surface area contributed by atoms with Gasteiger partial charge in [0.1, 0.15) is 17.1 Å². The van der Waals surface area contributed by atoms with Crippen molar-refractivity contribution in [3.05, 3.63) is 23.3 Å². The van der Waals surface area contributed by atoms with Crippen LogP contribution in [0.5, 0.6) is 0 Å². The molecule has 7 heteroatoms. The van der Waals surface area contributed by atoms with Crippen molar-refractivity contribution in [2.24, 2.45) is 0 Å². The fourth-order valence-corrected chi connectivity index (χ4v) is 1.12.